The highest BCUT2D eigenvalue weighted by Crippen LogP contribution is 2.18. The van der Waals surface area contributed by atoms with Gasteiger partial charge in [-0.05, 0) is 37.1 Å². The van der Waals surface area contributed by atoms with Crippen molar-refractivity contribution in [3.63, 3.8) is 0 Å². The largest absolute Gasteiger partial charge is 0.368 e. The molecule has 3 rings (SSSR count). The zero-order valence-electron chi connectivity index (χ0n) is 11.2. The molecular weight excluding hydrogens is 294 g/mol. The van der Waals surface area contributed by atoms with E-state index < -0.39 is 0 Å². The molecule has 0 radical (unpaired) electrons. The van der Waals surface area contributed by atoms with Crippen LogP contribution >= 0.6 is 11.6 Å². The summed E-state index contributed by atoms with van der Waals surface area (Å²) in [6.07, 6.45) is 1.31. The maximum Gasteiger partial charge on any atom is 0.249 e. The van der Waals surface area contributed by atoms with Crippen molar-refractivity contribution in [3.8, 4) is 11.4 Å². The average molecular weight is 308 g/mol. The number of aromatic nitrogens is 2. The molecule has 0 spiro atoms. The first kappa shape index (κ1) is 14.0. The van der Waals surface area contributed by atoms with Gasteiger partial charge in [0, 0.05) is 17.2 Å². The van der Waals surface area contributed by atoms with Crippen molar-refractivity contribution in [1.29, 1.82) is 0 Å². The standard InChI is InChI=1S/C14H14ClN3O3/c15-10-5-3-9(4-6-10)13-17-12(21-18-13)8-16-14(19)11-2-1-7-20-11/h3-6,11H,1-2,7-8H2,(H,16,19). The SMILES string of the molecule is O=C(NCc1nc(-c2ccc(Cl)cc2)no1)C1CCCO1. The molecule has 1 aliphatic heterocycles. The van der Waals surface area contributed by atoms with Gasteiger partial charge in [-0.2, -0.15) is 4.98 Å². The third kappa shape index (κ3) is 3.40. The molecule has 2 heterocycles. The van der Waals surface area contributed by atoms with Gasteiger partial charge in [-0.15, -0.1) is 0 Å². The van der Waals surface area contributed by atoms with Crippen molar-refractivity contribution in [2.75, 3.05) is 6.61 Å². The third-order valence-electron chi connectivity index (χ3n) is 3.21. The first-order valence-corrected chi connectivity index (χ1v) is 7.08. The van der Waals surface area contributed by atoms with Crippen molar-refractivity contribution in [2.24, 2.45) is 0 Å². The lowest BCUT2D eigenvalue weighted by Gasteiger charge is -2.07. The van der Waals surface area contributed by atoms with Gasteiger partial charge < -0.3 is 14.6 Å². The minimum Gasteiger partial charge on any atom is -0.368 e. The minimum atomic E-state index is -0.358. The van der Waals surface area contributed by atoms with Crippen molar-refractivity contribution in [3.05, 3.63) is 35.2 Å². The van der Waals surface area contributed by atoms with Gasteiger partial charge in [0.15, 0.2) is 0 Å². The molecule has 21 heavy (non-hydrogen) atoms. The number of carbonyl (C=O) groups is 1. The van der Waals surface area contributed by atoms with Gasteiger partial charge in [0.05, 0.1) is 6.54 Å². The van der Waals surface area contributed by atoms with Crippen LogP contribution in [-0.4, -0.2) is 28.8 Å². The summed E-state index contributed by atoms with van der Waals surface area (Å²) in [5.41, 5.74) is 0.805. The molecule has 1 fully saturated rings. The van der Waals surface area contributed by atoms with E-state index in [2.05, 4.69) is 15.5 Å². The van der Waals surface area contributed by atoms with E-state index in [9.17, 15) is 4.79 Å². The molecular formula is C14H14ClN3O3. The summed E-state index contributed by atoms with van der Waals surface area (Å²) in [5, 5.41) is 7.26. The molecule has 1 saturated heterocycles. The van der Waals surface area contributed by atoms with Gasteiger partial charge in [0.25, 0.3) is 0 Å². The second-order valence-electron chi connectivity index (χ2n) is 4.74. The molecule has 0 saturated carbocycles. The molecule has 110 valence electrons. The molecule has 2 aromatic rings. The number of benzene rings is 1. The van der Waals surface area contributed by atoms with Crippen LogP contribution in [0.3, 0.4) is 0 Å². The Bertz CT molecular complexity index is 621. The van der Waals surface area contributed by atoms with E-state index in [1.807, 2.05) is 12.1 Å². The summed E-state index contributed by atoms with van der Waals surface area (Å²) in [5.74, 6) is 0.679. The zero-order chi connectivity index (χ0) is 14.7. The number of nitrogens with zero attached hydrogens (tertiary/aromatic N) is 2. The minimum absolute atomic E-state index is 0.140. The zero-order valence-corrected chi connectivity index (χ0v) is 12.0. The van der Waals surface area contributed by atoms with E-state index in [0.717, 1.165) is 18.4 Å². The molecule has 1 atom stereocenters. The molecule has 1 amide bonds. The van der Waals surface area contributed by atoms with Crippen LogP contribution in [0.15, 0.2) is 28.8 Å². The molecule has 7 heteroatoms. The summed E-state index contributed by atoms with van der Waals surface area (Å²) in [4.78, 5) is 16.0. The molecule has 1 aliphatic rings. The number of ether oxygens (including phenoxy) is 1. The fraction of sp³-hybridized carbons (Fsp3) is 0.357. The van der Waals surface area contributed by atoms with Crippen molar-refractivity contribution in [1.82, 2.24) is 15.5 Å². The predicted molar refractivity (Wildman–Crippen MR) is 75.6 cm³/mol. The van der Waals surface area contributed by atoms with Crippen LogP contribution in [0.1, 0.15) is 18.7 Å². The van der Waals surface area contributed by atoms with Crippen LogP contribution in [0.5, 0.6) is 0 Å². The van der Waals surface area contributed by atoms with E-state index in [0.29, 0.717) is 23.3 Å². The number of hydrogen-bond acceptors (Lipinski definition) is 5. The Labute approximate surface area is 126 Å². The maximum absolute atomic E-state index is 11.8. The highest BCUT2D eigenvalue weighted by molar-refractivity contribution is 6.30. The summed E-state index contributed by atoms with van der Waals surface area (Å²) in [7, 11) is 0. The van der Waals surface area contributed by atoms with Gasteiger partial charge in [-0.25, -0.2) is 0 Å². The van der Waals surface area contributed by atoms with Gasteiger partial charge in [0.1, 0.15) is 6.10 Å². The Balaban J connectivity index is 1.60. The number of hydrogen-bond donors (Lipinski definition) is 1. The first-order valence-electron chi connectivity index (χ1n) is 6.70. The van der Waals surface area contributed by atoms with Crippen LogP contribution < -0.4 is 5.32 Å². The van der Waals surface area contributed by atoms with Gasteiger partial charge in [-0.1, -0.05) is 16.8 Å². The quantitative estimate of drug-likeness (QED) is 0.937. The topological polar surface area (TPSA) is 77.3 Å². The molecule has 0 aliphatic carbocycles. The second kappa shape index (κ2) is 6.24. The van der Waals surface area contributed by atoms with E-state index in [-0.39, 0.29) is 18.6 Å². The van der Waals surface area contributed by atoms with Gasteiger partial charge in [0.2, 0.25) is 17.6 Å². The van der Waals surface area contributed by atoms with Crippen LogP contribution in [0.2, 0.25) is 5.02 Å². The third-order valence-corrected chi connectivity index (χ3v) is 3.46. The fourth-order valence-electron chi connectivity index (χ4n) is 2.10. The maximum atomic E-state index is 11.8. The molecule has 6 nitrogen and oxygen atoms in total. The lowest BCUT2D eigenvalue weighted by Crippen LogP contribution is -2.33. The number of rotatable bonds is 4. The summed E-state index contributed by atoms with van der Waals surface area (Å²) in [6.45, 7) is 0.832. The number of halogens is 1. The Morgan fingerprint density at radius 2 is 2.19 bits per heavy atom. The molecule has 1 aromatic heterocycles. The highest BCUT2D eigenvalue weighted by Gasteiger charge is 2.23. The van der Waals surface area contributed by atoms with E-state index >= 15 is 0 Å². The molecule has 1 unspecified atom stereocenters. The van der Waals surface area contributed by atoms with Crippen LogP contribution in [-0.2, 0) is 16.1 Å². The molecule has 1 aromatic carbocycles. The Morgan fingerprint density at radius 1 is 1.38 bits per heavy atom. The van der Waals surface area contributed by atoms with Crippen molar-refractivity contribution in [2.45, 2.75) is 25.5 Å². The predicted octanol–water partition coefficient (Wildman–Crippen LogP) is 2.19. The normalized spacial score (nSPS) is 17.9. The summed E-state index contributed by atoms with van der Waals surface area (Å²) < 4.78 is 10.4. The molecule has 0 bridgehead atoms. The lowest BCUT2D eigenvalue weighted by atomic mass is 10.2. The van der Waals surface area contributed by atoms with Gasteiger partial charge >= 0.3 is 0 Å². The monoisotopic (exact) mass is 307 g/mol. The summed E-state index contributed by atoms with van der Waals surface area (Å²) >= 11 is 5.83. The smallest absolute Gasteiger partial charge is 0.249 e. The van der Waals surface area contributed by atoms with Crippen LogP contribution in [0.4, 0.5) is 0 Å². The number of amides is 1. The lowest BCUT2D eigenvalue weighted by molar-refractivity contribution is -0.130. The second-order valence-corrected chi connectivity index (χ2v) is 5.17. The first-order chi connectivity index (χ1) is 10.2. The summed E-state index contributed by atoms with van der Waals surface area (Å²) in [6, 6.07) is 7.13. The van der Waals surface area contributed by atoms with E-state index in [1.165, 1.54) is 0 Å². The Morgan fingerprint density at radius 3 is 2.90 bits per heavy atom. The Hall–Kier alpha value is -1.92. The van der Waals surface area contributed by atoms with Crippen molar-refractivity contribution >= 4 is 17.5 Å². The number of nitrogens with one attached hydrogen (secondary N) is 1. The van der Waals surface area contributed by atoms with E-state index in [1.54, 1.807) is 12.1 Å². The highest BCUT2D eigenvalue weighted by atomic mass is 35.5. The Kier molecular flexibility index (Phi) is 4.17. The van der Waals surface area contributed by atoms with Crippen molar-refractivity contribution < 1.29 is 14.1 Å². The van der Waals surface area contributed by atoms with E-state index in [4.69, 9.17) is 20.9 Å². The number of carbonyl (C=O) groups excluding carboxylic acids is 1. The van der Waals surface area contributed by atoms with Crippen LogP contribution in [0, 0.1) is 0 Å². The van der Waals surface area contributed by atoms with Gasteiger partial charge in [-0.3, -0.25) is 4.79 Å². The fourth-order valence-corrected chi connectivity index (χ4v) is 2.23. The van der Waals surface area contributed by atoms with Crippen LogP contribution in [0.25, 0.3) is 11.4 Å². The average Bonchev–Trinajstić information content (AvgIpc) is 3.17. The molecule has 1 N–H and O–H groups in total.